The molecule has 0 aromatic rings. The number of carbonyl (C=O) groups is 1. The standard InChI is InChI=1S/C8H11NO/c1-4-7(5-2)6(3)8(9)10/h4-5H,1-2H2,3H3,(H2,9,10). The first-order chi connectivity index (χ1) is 4.63. The lowest BCUT2D eigenvalue weighted by atomic mass is 10.1. The summed E-state index contributed by atoms with van der Waals surface area (Å²) in [5.41, 5.74) is 6.17. The fourth-order valence-corrected chi connectivity index (χ4v) is 0.532. The molecule has 0 saturated carbocycles. The Morgan fingerprint density at radius 3 is 1.90 bits per heavy atom. The molecule has 2 N–H and O–H groups in total. The average Bonchev–Trinajstić information content (AvgIpc) is 1.90. The van der Waals surface area contributed by atoms with E-state index in [2.05, 4.69) is 13.2 Å². The Morgan fingerprint density at radius 1 is 1.40 bits per heavy atom. The molecule has 0 rings (SSSR count). The van der Waals surface area contributed by atoms with Gasteiger partial charge in [0, 0.05) is 5.57 Å². The van der Waals surface area contributed by atoms with E-state index in [1.165, 1.54) is 0 Å². The highest BCUT2D eigenvalue weighted by molar-refractivity contribution is 5.93. The molecule has 0 atom stereocenters. The zero-order chi connectivity index (χ0) is 8.15. The molecule has 0 aliphatic carbocycles. The minimum atomic E-state index is -0.435. The van der Waals surface area contributed by atoms with Crippen LogP contribution in [0.25, 0.3) is 0 Å². The van der Waals surface area contributed by atoms with Crippen molar-refractivity contribution in [2.75, 3.05) is 0 Å². The van der Waals surface area contributed by atoms with Gasteiger partial charge in [-0.05, 0) is 12.5 Å². The lowest BCUT2D eigenvalue weighted by Gasteiger charge is -1.96. The molecule has 0 aromatic heterocycles. The molecule has 0 unspecified atom stereocenters. The molecule has 0 aliphatic rings. The Balaban J connectivity index is 4.76. The van der Waals surface area contributed by atoms with Crippen LogP contribution in [0, 0.1) is 0 Å². The molecule has 0 saturated heterocycles. The molecule has 2 nitrogen and oxygen atoms in total. The number of amides is 1. The number of hydrogen-bond donors (Lipinski definition) is 1. The van der Waals surface area contributed by atoms with Crippen LogP contribution in [0.15, 0.2) is 36.5 Å². The van der Waals surface area contributed by atoms with Crippen LogP contribution in [0.2, 0.25) is 0 Å². The molecule has 0 aliphatic heterocycles. The van der Waals surface area contributed by atoms with Crippen LogP contribution in [0.3, 0.4) is 0 Å². The maximum Gasteiger partial charge on any atom is 0.244 e. The normalized spacial score (nSPS) is 8.10. The van der Waals surface area contributed by atoms with Crippen molar-refractivity contribution in [1.29, 1.82) is 0 Å². The molecule has 0 fully saturated rings. The summed E-state index contributed by atoms with van der Waals surface area (Å²) in [7, 11) is 0. The maximum absolute atomic E-state index is 10.5. The molecule has 1 amide bonds. The number of rotatable bonds is 3. The van der Waals surface area contributed by atoms with Crippen molar-refractivity contribution >= 4 is 5.91 Å². The van der Waals surface area contributed by atoms with Gasteiger partial charge in [0.25, 0.3) is 0 Å². The molecule has 2 heteroatoms. The lowest BCUT2D eigenvalue weighted by Crippen LogP contribution is -2.12. The van der Waals surface area contributed by atoms with E-state index in [4.69, 9.17) is 5.73 Å². The van der Waals surface area contributed by atoms with Crippen LogP contribution in [0.1, 0.15) is 6.92 Å². The van der Waals surface area contributed by atoms with Gasteiger partial charge >= 0.3 is 0 Å². The molecule has 54 valence electrons. The molecular weight excluding hydrogens is 126 g/mol. The first-order valence-electron chi connectivity index (χ1n) is 2.89. The monoisotopic (exact) mass is 137 g/mol. The van der Waals surface area contributed by atoms with Crippen LogP contribution in [0.5, 0.6) is 0 Å². The summed E-state index contributed by atoms with van der Waals surface area (Å²) in [6, 6.07) is 0. The summed E-state index contributed by atoms with van der Waals surface area (Å²) in [5.74, 6) is -0.435. The Labute approximate surface area is 60.7 Å². The molecule has 0 aromatic carbocycles. The van der Waals surface area contributed by atoms with Gasteiger partial charge < -0.3 is 5.73 Å². The quantitative estimate of drug-likeness (QED) is 0.460. The second kappa shape index (κ2) is 3.67. The molecule has 0 bridgehead atoms. The lowest BCUT2D eigenvalue weighted by molar-refractivity contribution is -0.114. The largest absolute Gasteiger partial charge is 0.366 e. The van der Waals surface area contributed by atoms with Crippen molar-refractivity contribution in [2.24, 2.45) is 5.73 Å². The summed E-state index contributed by atoms with van der Waals surface area (Å²) in [6.07, 6.45) is 3.10. The number of carbonyl (C=O) groups excluding carboxylic acids is 1. The van der Waals surface area contributed by atoms with Gasteiger partial charge in [0.2, 0.25) is 5.91 Å². The first-order valence-corrected chi connectivity index (χ1v) is 2.89. The van der Waals surface area contributed by atoms with Crippen molar-refractivity contribution in [2.45, 2.75) is 6.92 Å². The van der Waals surface area contributed by atoms with Gasteiger partial charge in [-0.25, -0.2) is 0 Å². The van der Waals surface area contributed by atoms with Gasteiger partial charge in [-0.15, -0.1) is 0 Å². The average molecular weight is 137 g/mol. The predicted octanol–water partition coefficient (Wildman–Crippen LogP) is 1.16. The van der Waals surface area contributed by atoms with E-state index < -0.39 is 5.91 Å². The van der Waals surface area contributed by atoms with Crippen molar-refractivity contribution in [3.8, 4) is 0 Å². The van der Waals surface area contributed by atoms with E-state index in [9.17, 15) is 4.79 Å². The van der Waals surface area contributed by atoms with E-state index >= 15 is 0 Å². The number of allylic oxidation sites excluding steroid dienone is 3. The highest BCUT2D eigenvalue weighted by atomic mass is 16.1. The van der Waals surface area contributed by atoms with Gasteiger partial charge in [-0.3, -0.25) is 4.79 Å². The summed E-state index contributed by atoms with van der Waals surface area (Å²) in [5, 5.41) is 0. The summed E-state index contributed by atoms with van der Waals surface area (Å²) < 4.78 is 0. The van der Waals surface area contributed by atoms with E-state index in [1.807, 2.05) is 0 Å². The van der Waals surface area contributed by atoms with Gasteiger partial charge in [0.1, 0.15) is 0 Å². The summed E-state index contributed by atoms with van der Waals surface area (Å²) in [4.78, 5) is 10.5. The zero-order valence-corrected chi connectivity index (χ0v) is 6.05. The van der Waals surface area contributed by atoms with Crippen LogP contribution in [-0.4, -0.2) is 5.91 Å². The van der Waals surface area contributed by atoms with Crippen molar-refractivity contribution in [1.82, 2.24) is 0 Å². The highest BCUT2D eigenvalue weighted by Crippen LogP contribution is 2.04. The Morgan fingerprint density at radius 2 is 1.80 bits per heavy atom. The van der Waals surface area contributed by atoms with E-state index in [0.29, 0.717) is 11.1 Å². The van der Waals surface area contributed by atoms with Gasteiger partial charge in [-0.1, -0.05) is 25.3 Å². The fraction of sp³-hybridized carbons (Fsp3) is 0.125. The van der Waals surface area contributed by atoms with E-state index in [1.54, 1.807) is 19.1 Å². The second-order valence-electron chi connectivity index (χ2n) is 1.85. The zero-order valence-electron chi connectivity index (χ0n) is 6.05. The third kappa shape index (κ3) is 1.90. The Bertz CT molecular complexity index is 191. The second-order valence-corrected chi connectivity index (χ2v) is 1.85. The van der Waals surface area contributed by atoms with Crippen molar-refractivity contribution in [3.63, 3.8) is 0 Å². The summed E-state index contributed by atoms with van der Waals surface area (Å²) >= 11 is 0. The molecule has 0 spiro atoms. The highest BCUT2D eigenvalue weighted by Gasteiger charge is 1.99. The third-order valence-corrected chi connectivity index (χ3v) is 1.24. The molecular formula is C8H11NO. The maximum atomic E-state index is 10.5. The minimum Gasteiger partial charge on any atom is -0.366 e. The molecule has 0 radical (unpaired) electrons. The van der Waals surface area contributed by atoms with E-state index in [0.717, 1.165) is 0 Å². The topological polar surface area (TPSA) is 43.1 Å². The smallest absolute Gasteiger partial charge is 0.244 e. The van der Waals surface area contributed by atoms with E-state index in [-0.39, 0.29) is 0 Å². The Hall–Kier alpha value is -1.31. The fourth-order valence-electron chi connectivity index (χ4n) is 0.532. The van der Waals surface area contributed by atoms with Crippen LogP contribution < -0.4 is 5.73 Å². The molecule has 0 heterocycles. The molecule has 10 heavy (non-hydrogen) atoms. The number of primary amides is 1. The van der Waals surface area contributed by atoms with Crippen molar-refractivity contribution < 1.29 is 4.79 Å². The number of hydrogen-bond acceptors (Lipinski definition) is 1. The third-order valence-electron chi connectivity index (χ3n) is 1.24. The van der Waals surface area contributed by atoms with Gasteiger partial charge in [-0.2, -0.15) is 0 Å². The first kappa shape index (κ1) is 8.69. The van der Waals surface area contributed by atoms with Crippen LogP contribution >= 0.6 is 0 Å². The van der Waals surface area contributed by atoms with Gasteiger partial charge in [0.15, 0.2) is 0 Å². The van der Waals surface area contributed by atoms with Crippen molar-refractivity contribution in [3.05, 3.63) is 36.5 Å². The Kier molecular flexibility index (Phi) is 3.19. The van der Waals surface area contributed by atoms with Crippen LogP contribution in [0.4, 0.5) is 0 Å². The SMILES string of the molecule is C=CC(C=C)=C(C)C(N)=O. The van der Waals surface area contributed by atoms with Crippen LogP contribution in [-0.2, 0) is 4.79 Å². The predicted molar refractivity (Wildman–Crippen MR) is 42.3 cm³/mol. The van der Waals surface area contributed by atoms with Gasteiger partial charge in [0.05, 0.1) is 0 Å². The number of nitrogens with two attached hydrogens (primary N) is 1. The summed E-state index contributed by atoms with van der Waals surface area (Å²) in [6.45, 7) is 8.64. The minimum absolute atomic E-state index is 0.435.